The van der Waals surface area contributed by atoms with Crippen LogP contribution >= 0.6 is 0 Å². The van der Waals surface area contributed by atoms with Crippen LogP contribution in [0.2, 0.25) is 0 Å². The fourth-order valence-electron chi connectivity index (χ4n) is 4.08. The van der Waals surface area contributed by atoms with Crippen molar-refractivity contribution in [2.75, 3.05) is 39.1 Å². The molecule has 36 heavy (non-hydrogen) atoms. The number of hydrogen-bond donors (Lipinski definition) is 2. The third kappa shape index (κ3) is 4.83. The van der Waals surface area contributed by atoms with Crippen molar-refractivity contribution in [3.05, 3.63) is 53.7 Å². The molecular formula is C24H25F3N4O5. The van der Waals surface area contributed by atoms with Gasteiger partial charge in [-0.15, -0.1) is 0 Å². The lowest BCUT2D eigenvalue weighted by Gasteiger charge is -2.33. The van der Waals surface area contributed by atoms with Gasteiger partial charge in [0.05, 0.1) is 34.5 Å². The number of halogens is 3. The van der Waals surface area contributed by atoms with Crippen molar-refractivity contribution >= 4 is 17.4 Å². The highest BCUT2D eigenvalue weighted by Gasteiger charge is 2.47. The second kappa shape index (κ2) is 9.88. The SMILES string of the molecule is COc1ccc(NC(=O)c2cc3n(n2)[C@@H](C(F)(F)F)C[C@@H](c2ccc(OC)c(OC)c2)N3)cc1OC. The third-order valence-electron chi connectivity index (χ3n) is 5.87. The van der Waals surface area contributed by atoms with E-state index in [0.717, 1.165) is 4.68 Å². The van der Waals surface area contributed by atoms with Gasteiger partial charge in [-0.25, -0.2) is 4.68 Å². The summed E-state index contributed by atoms with van der Waals surface area (Å²) in [5, 5.41) is 9.67. The zero-order chi connectivity index (χ0) is 26.0. The lowest BCUT2D eigenvalue weighted by molar-refractivity contribution is -0.173. The van der Waals surface area contributed by atoms with Gasteiger partial charge in [0.25, 0.3) is 5.91 Å². The summed E-state index contributed by atoms with van der Waals surface area (Å²) in [7, 11) is 5.85. The summed E-state index contributed by atoms with van der Waals surface area (Å²) >= 11 is 0. The number of rotatable bonds is 7. The Kier molecular flexibility index (Phi) is 6.86. The number of nitrogens with one attached hydrogen (secondary N) is 2. The van der Waals surface area contributed by atoms with E-state index < -0.39 is 24.2 Å². The molecule has 0 fully saturated rings. The first kappa shape index (κ1) is 25.0. The van der Waals surface area contributed by atoms with E-state index in [9.17, 15) is 18.0 Å². The first-order valence-corrected chi connectivity index (χ1v) is 10.9. The molecule has 0 saturated heterocycles. The molecule has 2 atom stereocenters. The molecule has 1 aliphatic rings. The molecule has 0 bridgehead atoms. The first-order chi connectivity index (χ1) is 17.2. The molecular weight excluding hydrogens is 481 g/mol. The van der Waals surface area contributed by atoms with E-state index in [-0.39, 0.29) is 17.9 Å². The summed E-state index contributed by atoms with van der Waals surface area (Å²) in [4.78, 5) is 12.8. The number of aromatic nitrogens is 2. The van der Waals surface area contributed by atoms with Crippen LogP contribution in [0.15, 0.2) is 42.5 Å². The van der Waals surface area contributed by atoms with Crippen LogP contribution in [0.1, 0.15) is 34.6 Å². The number of fused-ring (bicyclic) bond motifs is 1. The normalized spacial score (nSPS) is 17.0. The van der Waals surface area contributed by atoms with Gasteiger partial charge in [-0.2, -0.15) is 18.3 Å². The van der Waals surface area contributed by atoms with Gasteiger partial charge in [-0.05, 0) is 29.8 Å². The Morgan fingerprint density at radius 2 is 1.56 bits per heavy atom. The number of methoxy groups -OCH3 is 4. The van der Waals surface area contributed by atoms with E-state index >= 15 is 0 Å². The highest BCUT2D eigenvalue weighted by atomic mass is 19.4. The number of benzene rings is 2. The summed E-state index contributed by atoms with van der Waals surface area (Å²) in [5.74, 6) is 1.11. The number of anilines is 2. The molecule has 192 valence electrons. The van der Waals surface area contributed by atoms with Crippen LogP contribution in [0.3, 0.4) is 0 Å². The highest BCUT2D eigenvalue weighted by Crippen LogP contribution is 2.44. The van der Waals surface area contributed by atoms with Crippen molar-refractivity contribution in [1.82, 2.24) is 9.78 Å². The minimum Gasteiger partial charge on any atom is -0.493 e. The van der Waals surface area contributed by atoms with E-state index in [0.29, 0.717) is 34.2 Å². The largest absolute Gasteiger partial charge is 0.493 e. The second-order valence-corrected chi connectivity index (χ2v) is 7.99. The fourth-order valence-corrected chi connectivity index (χ4v) is 4.08. The van der Waals surface area contributed by atoms with Crippen LogP contribution in [0.5, 0.6) is 23.0 Å². The molecule has 0 radical (unpaired) electrons. The van der Waals surface area contributed by atoms with E-state index in [1.807, 2.05) is 0 Å². The van der Waals surface area contributed by atoms with Crippen LogP contribution < -0.4 is 29.6 Å². The summed E-state index contributed by atoms with van der Waals surface area (Å²) in [6.45, 7) is 0. The maximum atomic E-state index is 14.0. The number of nitrogens with zero attached hydrogens (tertiary/aromatic N) is 2. The topological polar surface area (TPSA) is 95.9 Å². The zero-order valence-electron chi connectivity index (χ0n) is 20.0. The lowest BCUT2D eigenvalue weighted by Crippen LogP contribution is -2.35. The molecule has 1 aromatic heterocycles. The molecule has 2 N–H and O–H groups in total. The van der Waals surface area contributed by atoms with Gasteiger partial charge in [-0.1, -0.05) is 6.07 Å². The number of amides is 1. The van der Waals surface area contributed by atoms with Crippen LogP contribution in [0.25, 0.3) is 0 Å². The average molecular weight is 506 g/mol. The van der Waals surface area contributed by atoms with E-state index in [4.69, 9.17) is 18.9 Å². The molecule has 0 unspecified atom stereocenters. The van der Waals surface area contributed by atoms with Gasteiger partial charge in [0.2, 0.25) is 0 Å². The molecule has 4 rings (SSSR count). The fraction of sp³-hybridized carbons (Fsp3) is 0.333. The lowest BCUT2D eigenvalue weighted by atomic mass is 9.96. The number of alkyl halides is 3. The quantitative estimate of drug-likeness (QED) is 0.474. The van der Waals surface area contributed by atoms with Gasteiger partial charge < -0.3 is 29.6 Å². The van der Waals surface area contributed by atoms with Crippen molar-refractivity contribution in [2.24, 2.45) is 0 Å². The highest BCUT2D eigenvalue weighted by molar-refractivity contribution is 6.03. The third-order valence-corrected chi connectivity index (χ3v) is 5.87. The Bertz CT molecular complexity index is 1260. The predicted molar refractivity (Wildman–Crippen MR) is 125 cm³/mol. The number of hydrogen-bond acceptors (Lipinski definition) is 7. The monoisotopic (exact) mass is 506 g/mol. The molecule has 12 heteroatoms. The molecule has 2 heterocycles. The summed E-state index contributed by atoms with van der Waals surface area (Å²) in [6, 6.07) is 8.30. The van der Waals surface area contributed by atoms with Crippen molar-refractivity contribution in [1.29, 1.82) is 0 Å². The van der Waals surface area contributed by atoms with Gasteiger partial charge in [-0.3, -0.25) is 4.79 Å². The molecule has 1 aliphatic heterocycles. The summed E-state index contributed by atoms with van der Waals surface area (Å²) in [6.07, 6.45) is -4.92. The van der Waals surface area contributed by atoms with E-state index in [1.165, 1.54) is 40.6 Å². The van der Waals surface area contributed by atoms with Crippen molar-refractivity contribution in [2.45, 2.75) is 24.7 Å². The maximum absolute atomic E-state index is 14.0. The summed E-state index contributed by atoms with van der Waals surface area (Å²) in [5.41, 5.74) is 0.771. The molecule has 2 aromatic carbocycles. The Labute approximate surface area is 205 Å². The number of carbonyl (C=O) groups is 1. The Hall–Kier alpha value is -4.09. The van der Waals surface area contributed by atoms with Gasteiger partial charge >= 0.3 is 6.18 Å². The Balaban J connectivity index is 1.63. The summed E-state index contributed by atoms with van der Waals surface area (Å²) < 4.78 is 63.8. The Morgan fingerprint density at radius 1 is 0.944 bits per heavy atom. The van der Waals surface area contributed by atoms with Crippen LogP contribution in [0.4, 0.5) is 24.7 Å². The standard InChI is InChI=1S/C24H25F3N4O5/c1-33-17-7-5-13(9-19(17)35-3)15-11-21(24(25,26)27)31-22(29-15)12-16(30-31)23(32)28-14-6-8-18(34-2)20(10-14)36-4/h5-10,12,15,21,29H,11H2,1-4H3,(H,28,32)/t15-,21+/m0/s1. The molecule has 0 aliphatic carbocycles. The predicted octanol–water partition coefficient (Wildman–Crippen LogP) is 4.83. The molecule has 1 amide bonds. The van der Waals surface area contributed by atoms with Crippen molar-refractivity contribution < 1.29 is 36.9 Å². The van der Waals surface area contributed by atoms with Gasteiger partial charge in [0.15, 0.2) is 34.7 Å². The first-order valence-electron chi connectivity index (χ1n) is 10.9. The second-order valence-electron chi connectivity index (χ2n) is 7.99. The van der Waals surface area contributed by atoms with Crippen LogP contribution in [-0.2, 0) is 0 Å². The molecule has 0 saturated carbocycles. The zero-order valence-corrected chi connectivity index (χ0v) is 20.0. The van der Waals surface area contributed by atoms with Crippen molar-refractivity contribution in [3.63, 3.8) is 0 Å². The average Bonchev–Trinajstić information content (AvgIpc) is 3.31. The van der Waals surface area contributed by atoms with Gasteiger partial charge in [0.1, 0.15) is 5.82 Å². The van der Waals surface area contributed by atoms with Crippen LogP contribution in [0, 0.1) is 0 Å². The smallest absolute Gasteiger partial charge is 0.410 e. The minimum atomic E-state index is -4.59. The van der Waals surface area contributed by atoms with E-state index in [1.54, 1.807) is 30.3 Å². The van der Waals surface area contributed by atoms with Gasteiger partial charge in [0, 0.05) is 24.2 Å². The number of carbonyl (C=O) groups excluding carboxylic acids is 1. The molecule has 0 spiro atoms. The minimum absolute atomic E-state index is 0.0702. The van der Waals surface area contributed by atoms with Crippen LogP contribution in [-0.4, -0.2) is 50.3 Å². The maximum Gasteiger partial charge on any atom is 0.410 e. The number of ether oxygens (including phenoxy) is 4. The van der Waals surface area contributed by atoms with Crippen molar-refractivity contribution in [3.8, 4) is 23.0 Å². The van der Waals surface area contributed by atoms with E-state index in [2.05, 4.69) is 15.7 Å². The molecule has 3 aromatic rings. The molecule has 9 nitrogen and oxygen atoms in total. The Morgan fingerprint density at radius 3 is 2.17 bits per heavy atom.